The Morgan fingerprint density at radius 2 is 2.10 bits per heavy atom. The maximum absolute atomic E-state index is 10.9. The predicted molar refractivity (Wildman–Crippen MR) is 116 cm³/mol. The Balaban J connectivity index is 1.39. The van der Waals surface area contributed by atoms with E-state index < -0.39 is 5.97 Å². The van der Waals surface area contributed by atoms with Crippen molar-refractivity contribution in [2.75, 3.05) is 6.61 Å². The summed E-state index contributed by atoms with van der Waals surface area (Å²) in [6.07, 6.45) is 17.3. The lowest BCUT2D eigenvalue weighted by molar-refractivity contribution is 0.0696. The van der Waals surface area contributed by atoms with Gasteiger partial charge in [-0.15, -0.1) is 0 Å². The highest BCUT2D eigenvalue weighted by Gasteiger charge is 2.17. The molecular weight excluding hydrogens is 380 g/mol. The number of rotatable bonds is 10. The molecule has 0 saturated carbocycles. The monoisotopic (exact) mass is 410 g/mol. The van der Waals surface area contributed by atoms with Gasteiger partial charge in [-0.3, -0.25) is 0 Å². The Morgan fingerprint density at radius 3 is 2.83 bits per heavy atom. The van der Waals surface area contributed by atoms with Gasteiger partial charge in [0.05, 0.1) is 30.8 Å². The second-order valence-corrected chi connectivity index (χ2v) is 7.97. The summed E-state index contributed by atoms with van der Waals surface area (Å²) in [6.45, 7) is 4.92. The lowest BCUT2D eigenvalue weighted by atomic mass is 10.0. The molecule has 3 rings (SSSR count). The van der Waals surface area contributed by atoms with E-state index in [2.05, 4.69) is 25.2 Å². The van der Waals surface area contributed by atoms with E-state index in [0.717, 1.165) is 38.7 Å². The second-order valence-electron chi connectivity index (χ2n) is 7.97. The van der Waals surface area contributed by atoms with Crippen molar-refractivity contribution in [1.29, 1.82) is 0 Å². The number of ether oxygens (including phenoxy) is 1. The van der Waals surface area contributed by atoms with Crippen LogP contribution in [0.4, 0.5) is 0 Å². The fraction of sp³-hybridized carbons (Fsp3) is 0.400. The van der Waals surface area contributed by atoms with Gasteiger partial charge < -0.3 is 18.7 Å². The number of furan rings is 2. The molecule has 5 heteroatoms. The van der Waals surface area contributed by atoms with Crippen molar-refractivity contribution >= 4 is 5.97 Å². The zero-order chi connectivity index (χ0) is 21.3. The van der Waals surface area contributed by atoms with Gasteiger partial charge in [-0.05, 0) is 62.8 Å². The normalized spacial score (nSPS) is 19.0. The van der Waals surface area contributed by atoms with Gasteiger partial charge in [-0.25, -0.2) is 4.79 Å². The Kier molecular flexibility index (Phi) is 7.91. The molecule has 0 unspecified atom stereocenters. The van der Waals surface area contributed by atoms with Crippen LogP contribution in [0.15, 0.2) is 74.7 Å². The van der Waals surface area contributed by atoms with Crippen LogP contribution in [0.3, 0.4) is 0 Å². The topological polar surface area (TPSA) is 72.8 Å². The quantitative estimate of drug-likeness (QED) is 0.477. The molecule has 0 bridgehead atoms. The summed E-state index contributed by atoms with van der Waals surface area (Å²) in [4.78, 5) is 10.9. The molecular formula is C25H30O5. The van der Waals surface area contributed by atoms with Crippen LogP contribution >= 0.6 is 0 Å². The summed E-state index contributed by atoms with van der Waals surface area (Å²) in [5, 5.41) is 8.95. The third-order valence-corrected chi connectivity index (χ3v) is 5.25. The number of hydrogen-bond acceptors (Lipinski definition) is 4. The third-order valence-electron chi connectivity index (χ3n) is 5.25. The Morgan fingerprint density at radius 1 is 1.23 bits per heavy atom. The lowest BCUT2D eigenvalue weighted by Crippen LogP contribution is -2.00. The first-order valence-corrected chi connectivity index (χ1v) is 10.4. The summed E-state index contributed by atoms with van der Waals surface area (Å²) in [5.41, 5.74) is 5.31. The van der Waals surface area contributed by atoms with E-state index >= 15 is 0 Å². The molecule has 30 heavy (non-hydrogen) atoms. The van der Waals surface area contributed by atoms with E-state index in [0.29, 0.717) is 12.2 Å². The number of carboxylic acids is 1. The SMILES string of the molecule is C/C(=C\[C@H]1C/C(=C\CCc2ccoc2)CO1)CC/C=C(\C)Cc1cc(C(=O)O)co1. The number of carboxylic acid groups (broad SMARTS) is 1. The van der Waals surface area contributed by atoms with E-state index in [9.17, 15) is 4.79 Å². The van der Waals surface area contributed by atoms with Gasteiger partial charge in [0.2, 0.25) is 0 Å². The highest BCUT2D eigenvalue weighted by Crippen LogP contribution is 2.23. The Labute approximate surface area is 177 Å². The molecule has 2 aromatic heterocycles. The van der Waals surface area contributed by atoms with E-state index in [1.165, 1.54) is 28.5 Å². The smallest absolute Gasteiger partial charge is 0.338 e. The minimum atomic E-state index is -0.961. The molecule has 2 aromatic rings. The highest BCUT2D eigenvalue weighted by molar-refractivity contribution is 5.87. The van der Waals surface area contributed by atoms with Gasteiger partial charge in [-0.2, -0.15) is 0 Å². The van der Waals surface area contributed by atoms with Crippen LogP contribution in [0.25, 0.3) is 0 Å². The molecule has 1 fully saturated rings. The average molecular weight is 411 g/mol. The first-order valence-electron chi connectivity index (χ1n) is 10.4. The van der Waals surface area contributed by atoms with Crippen molar-refractivity contribution in [3.05, 3.63) is 82.8 Å². The standard InChI is InChI=1S/C25H30O5/c1-18(5-3-6-19(2)12-24-14-22(17-30-24)25(26)27)11-23-13-21(16-29-23)8-4-7-20-9-10-28-15-20/h6,8-11,14-15,17,23H,3-5,7,12-13,16H2,1-2H3,(H,26,27)/b18-11+,19-6+,21-8+/t23-/m0/s1. The van der Waals surface area contributed by atoms with Gasteiger partial charge in [-0.1, -0.05) is 29.4 Å². The Hall–Kier alpha value is -2.79. The van der Waals surface area contributed by atoms with E-state index in [1.807, 2.05) is 13.0 Å². The minimum absolute atomic E-state index is 0.174. The van der Waals surface area contributed by atoms with Gasteiger partial charge in [0.1, 0.15) is 12.0 Å². The van der Waals surface area contributed by atoms with E-state index in [-0.39, 0.29) is 11.7 Å². The van der Waals surface area contributed by atoms with Crippen molar-refractivity contribution in [3.8, 4) is 0 Å². The molecule has 0 radical (unpaired) electrons. The summed E-state index contributed by atoms with van der Waals surface area (Å²) in [6, 6.07) is 3.60. The highest BCUT2D eigenvalue weighted by atomic mass is 16.5. The molecule has 1 aliphatic rings. The van der Waals surface area contributed by atoms with Crippen LogP contribution < -0.4 is 0 Å². The number of allylic oxidation sites excluding steroid dienone is 4. The number of carbonyl (C=O) groups is 1. The fourth-order valence-electron chi connectivity index (χ4n) is 3.60. The van der Waals surface area contributed by atoms with Crippen molar-refractivity contribution in [2.24, 2.45) is 0 Å². The molecule has 0 aliphatic carbocycles. The second kappa shape index (κ2) is 10.8. The van der Waals surface area contributed by atoms with E-state index in [1.54, 1.807) is 18.6 Å². The largest absolute Gasteiger partial charge is 0.478 e. The molecule has 0 aromatic carbocycles. The zero-order valence-corrected chi connectivity index (χ0v) is 17.7. The molecule has 0 spiro atoms. The maximum Gasteiger partial charge on any atom is 0.338 e. The number of aromatic carboxylic acids is 1. The summed E-state index contributed by atoms with van der Waals surface area (Å²) < 4.78 is 16.3. The molecule has 5 nitrogen and oxygen atoms in total. The molecule has 1 aliphatic heterocycles. The zero-order valence-electron chi connectivity index (χ0n) is 17.7. The lowest BCUT2D eigenvalue weighted by Gasteiger charge is -2.05. The van der Waals surface area contributed by atoms with Crippen LogP contribution in [-0.2, 0) is 17.6 Å². The average Bonchev–Trinajstić information content (AvgIpc) is 3.44. The molecule has 1 atom stereocenters. The predicted octanol–water partition coefficient (Wildman–Crippen LogP) is 6.13. The van der Waals surface area contributed by atoms with Gasteiger partial charge in [0.25, 0.3) is 0 Å². The van der Waals surface area contributed by atoms with Crippen molar-refractivity contribution in [2.45, 2.75) is 58.5 Å². The molecule has 3 heterocycles. The van der Waals surface area contributed by atoms with Gasteiger partial charge in [0, 0.05) is 12.8 Å². The number of hydrogen-bond donors (Lipinski definition) is 1. The Bertz CT molecular complexity index is 911. The molecule has 0 amide bonds. The van der Waals surface area contributed by atoms with Gasteiger partial charge >= 0.3 is 5.97 Å². The molecule has 160 valence electrons. The van der Waals surface area contributed by atoms with Crippen LogP contribution in [0, 0.1) is 0 Å². The summed E-state index contributed by atoms with van der Waals surface area (Å²) >= 11 is 0. The molecule has 1 N–H and O–H groups in total. The molecule has 1 saturated heterocycles. The van der Waals surface area contributed by atoms with Crippen LogP contribution in [0.2, 0.25) is 0 Å². The third kappa shape index (κ3) is 6.92. The van der Waals surface area contributed by atoms with Crippen molar-refractivity contribution in [1.82, 2.24) is 0 Å². The minimum Gasteiger partial charge on any atom is -0.478 e. The van der Waals surface area contributed by atoms with Crippen molar-refractivity contribution < 1.29 is 23.5 Å². The summed E-state index contributed by atoms with van der Waals surface area (Å²) in [7, 11) is 0. The van der Waals surface area contributed by atoms with Gasteiger partial charge in [0.15, 0.2) is 0 Å². The van der Waals surface area contributed by atoms with Crippen molar-refractivity contribution in [3.63, 3.8) is 0 Å². The number of aryl methyl sites for hydroxylation is 1. The fourth-order valence-corrected chi connectivity index (χ4v) is 3.60. The van der Waals surface area contributed by atoms with E-state index in [4.69, 9.17) is 18.7 Å². The van der Waals surface area contributed by atoms with Crippen LogP contribution in [0.1, 0.15) is 61.2 Å². The maximum atomic E-state index is 10.9. The van der Waals surface area contributed by atoms with Crippen LogP contribution in [-0.4, -0.2) is 23.8 Å². The summed E-state index contributed by atoms with van der Waals surface area (Å²) in [5.74, 6) is -0.280. The first-order chi connectivity index (χ1) is 14.5. The first kappa shape index (κ1) is 21.9. The van der Waals surface area contributed by atoms with Crippen LogP contribution in [0.5, 0.6) is 0 Å².